The Labute approximate surface area is 203 Å². The lowest BCUT2D eigenvalue weighted by molar-refractivity contribution is -0.141. The first-order chi connectivity index (χ1) is 17.0. The number of para-hydroxylation sites is 2. The van der Waals surface area contributed by atoms with E-state index in [9.17, 15) is 9.59 Å². The van der Waals surface area contributed by atoms with E-state index in [4.69, 9.17) is 23.7 Å². The van der Waals surface area contributed by atoms with Gasteiger partial charge in [0.2, 0.25) is 5.78 Å². The Morgan fingerprint density at radius 1 is 0.943 bits per heavy atom. The van der Waals surface area contributed by atoms with E-state index in [1.54, 1.807) is 18.2 Å². The zero-order valence-corrected chi connectivity index (χ0v) is 19.7. The van der Waals surface area contributed by atoms with E-state index < -0.39 is 5.97 Å². The zero-order chi connectivity index (χ0) is 24.4. The molecule has 8 heteroatoms. The largest absolute Gasteiger partial charge is 0.486 e. The highest BCUT2D eigenvalue weighted by molar-refractivity contribution is 5.99. The van der Waals surface area contributed by atoms with Crippen molar-refractivity contribution in [3.8, 4) is 23.0 Å². The molecule has 0 radical (unpaired) electrons. The van der Waals surface area contributed by atoms with Crippen LogP contribution in [0.15, 0.2) is 48.5 Å². The average molecular weight is 478 g/mol. The second kappa shape index (κ2) is 9.74. The van der Waals surface area contributed by atoms with Crippen molar-refractivity contribution in [2.24, 2.45) is 0 Å². The van der Waals surface area contributed by atoms with E-state index in [0.29, 0.717) is 49.2 Å². The third kappa shape index (κ3) is 4.96. The number of ether oxygens (including phenoxy) is 5. The summed E-state index contributed by atoms with van der Waals surface area (Å²) >= 11 is 0. The summed E-state index contributed by atoms with van der Waals surface area (Å²) in [4.78, 5) is 25.2. The minimum absolute atomic E-state index is 0.0451. The van der Waals surface area contributed by atoms with Crippen LogP contribution >= 0.6 is 0 Å². The topological polar surface area (TPSA) is 85.2 Å². The van der Waals surface area contributed by atoms with Crippen molar-refractivity contribution in [2.45, 2.75) is 32.9 Å². The van der Waals surface area contributed by atoms with Crippen molar-refractivity contribution in [3.05, 3.63) is 71.0 Å². The van der Waals surface area contributed by atoms with Gasteiger partial charge in [0.25, 0.3) is 0 Å². The molecule has 2 aliphatic heterocycles. The summed E-state index contributed by atoms with van der Waals surface area (Å²) < 4.78 is 30.2. The molecule has 1 aromatic heterocycles. The van der Waals surface area contributed by atoms with E-state index in [1.165, 1.54) is 0 Å². The Kier molecular flexibility index (Phi) is 6.35. The van der Waals surface area contributed by atoms with Crippen molar-refractivity contribution in [2.75, 3.05) is 26.4 Å². The molecule has 0 amide bonds. The van der Waals surface area contributed by atoms with Crippen LogP contribution in [0.1, 0.15) is 27.3 Å². The van der Waals surface area contributed by atoms with E-state index in [0.717, 1.165) is 22.7 Å². The second-order valence-corrected chi connectivity index (χ2v) is 8.63. The number of nitrogens with zero attached hydrogens (tertiary/aromatic N) is 1. The van der Waals surface area contributed by atoms with Crippen molar-refractivity contribution >= 4 is 11.8 Å². The van der Waals surface area contributed by atoms with Gasteiger partial charge in [-0.2, -0.15) is 0 Å². The number of esters is 1. The number of carbonyl (C=O) groups excluding carboxylic acids is 2. The lowest BCUT2D eigenvalue weighted by Crippen LogP contribution is -2.33. The summed E-state index contributed by atoms with van der Waals surface area (Å²) in [6, 6.07) is 14.7. The Hall–Kier alpha value is -3.94. The molecule has 5 rings (SSSR count). The first-order valence-electron chi connectivity index (χ1n) is 11.6. The van der Waals surface area contributed by atoms with Crippen LogP contribution in [-0.4, -0.2) is 48.9 Å². The Morgan fingerprint density at radius 3 is 2.51 bits per heavy atom. The minimum atomic E-state index is -0.477. The molecular weight excluding hydrogens is 450 g/mol. The molecule has 0 saturated carbocycles. The molecule has 1 unspecified atom stereocenters. The van der Waals surface area contributed by atoms with Crippen LogP contribution in [0, 0.1) is 13.8 Å². The fraction of sp³-hybridized carbons (Fsp3) is 0.333. The number of hydrogen-bond donors (Lipinski definition) is 0. The Morgan fingerprint density at radius 2 is 1.69 bits per heavy atom. The van der Waals surface area contributed by atoms with Gasteiger partial charge in [0, 0.05) is 17.0 Å². The number of aromatic nitrogens is 1. The summed E-state index contributed by atoms with van der Waals surface area (Å²) in [7, 11) is 0. The highest BCUT2D eigenvalue weighted by atomic mass is 16.6. The fourth-order valence-corrected chi connectivity index (χ4v) is 4.36. The molecule has 3 aromatic rings. The molecule has 0 saturated heterocycles. The lowest BCUT2D eigenvalue weighted by Gasteiger charge is -2.27. The third-order valence-corrected chi connectivity index (χ3v) is 6.15. The summed E-state index contributed by atoms with van der Waals surface area (Å²) in [5.74, 6) is 2.00. The molecule has 0 aliphatic carbocycles. The molecular formula is C27H27NO7. The first kappa shape index (κ1) is 22.8. The van der Waals surface area contributed by atoms with Crippen LogP contribution < -0.4 is 18.9 Å². The highest BCUT2D eigenvalue weighted by Crippen LogP contribution is 2.32. The van der Waals surface area contributed by atoms with E-state index >= 15 is 0 Å². The molecule has 182 valence electrons. The van der Waals surface area contributed by atoms with Gasteiger partial charge in [0.15, 0.2) is 35.7 Å². The molecule has 3 heterocycles. The van der Waals surface area contributed by atoms with Crippen molar-refractivity contribution < 1.29 is 33.3 Å². The standard InChI is InChI=1S/C27H27NO7/c1-17-11-21(18(2)28(17)14-20-15-33-23-5-3-4-6-25(23)35-20)22(29)16-34-27(30)13-19-7-8-24-26(12-19)32-10-9-31-24/h3-8,11-12,20H,9-10,13-16H2,1-2H3. The SMILES string of the molecule is Cc1cc(C(=O)COC(=O)Cc2ccc3c(c2)OCCO3)c(C)n1CC1COc2ccccc2O1. The van der Waals surface area contributed by atoms with Crippen LogP contribution in [0.3, 0.4) is 0 Å². The van der Waals surface area contributed by atoms with Crippen LogP contribution in [0.25, 0.3) is 0 Å². The molecule has 0 spiro atoms. The van der Waals surface area contributed by atoms with Crippen molar-refractivity contribution in [1.29, 1.82) is 0 Å². The smallest absolute Gasteiger partial charge is 0.310 e. The van der Waals surface area contributed by atoms with Gasteiger partial charge < -0.3 is 28.3 Å². The van der Waals surface area contributed by atoms with E-state index in [-0.39, 0.29) is 24.9 Å². The van der Waals surface area contributed by atoms with Crippen LogP contribution in [-0.2, 0) is 22.5 Å². The predicted molar refractivity (Wildman–Crippen MR) is 127 cm³/mol. The summed E-state index contributed by atoms with van der Waals surface area (Å²) in [6.07, 6.45) is -0.134. The van der Waals surface area contributed by atoms with Gasteiger partial charge in [-0.15, -0.1) is 0 Å². The molecule has 35 heavy (non-hydrogen) atoms. The summed E-state index contributed by atoms with van der Waals surface area (Å²) in [5, 5.41) is 0. The number of aryl methyl sites for hydroxylation is 1. The van der Waals surface area contributed by atoms with Gasteiger partial charge >= 0.3 is 5.97 Å². The number of hydrogen-bond acceptors (Lipinski definition) is 7. The van der Waals surface area contributed by atoms with Gasteiger partial charge in [-0.3, -0.25) is 9.59 Å². The molecule has 0 fully saturated rings. The van der Waals surface area contributed by atoms with E-state index in [2.05, 4.69) is 0 Å². The number of benzene rings is 2. The quantitative estimate of drug-likeness (QED) is 0.379. The Balaban J connectivity index is 1.18. The number of ketones is 1. The normalized spacial score (nSPS) is 16.0. The molecule has 1 atom stereocenters. The maximum atomic E-state index is 12.9. The van der Waals surface area contributed by atoms with Gasteiger partial charge in [0.1, 0.15) is 19.8 Å². The predicted octanol–water partition coefficient (Wildman–Crippen LogP) is 3.68. The van der Waals surface area contributed by atoms with Gasteiger partial charge in [-0.05, 0) is 49.7 Å². The highest BCUT2D eigenvalue weighted by Gasteiger charge is 2.24. The zero-order valence-electron chi connectivity index (χ0n) is 19.7. The van der Waals surface area contributed by atoms with E-state index in [1.807, 2.05) is 48.7 Å². The van der Waals surface area contributed by atoms with Gasteiger partial charge in [-0.25, -0.2) is 0 Å². The first-order valence-corrected chi connectivity index (χ1v) is 11.6. The molecule has 0 bridgehead atoms. The van der Waals surface area contributed by atoms with Crippen LogP contribution in [0.2, 0.25) is 0 Å². The number of rotatable bonds is 7. The molecule has 0 N–H and O–H groups in total. The van der Waals surface area contributed by atoms with Crippen molar-refractivity contribution in [1.82, 2.24) is 4.57 Å². The average Bonchev–Trinajstić information content (AvgIpc) is 3.15. The molecule has 8 nitrogen and oxygen atoms in total. The van der Waals surface area contributed by atoms with Crippen LogP contribution in [0.5, 0.6) is 23.0 Å². The number of Topliss-reactive ketones (excluding diaryl/α,β-unsaturated/α-hetero) is 1. The fourth-order valence-electron chi connectivity index (χ4n) is 4.36. The number of carbonyl (C=O) groups is 2. The summed E-state index contributed by atoms with van der Waals surface area (Å²) in [5.41, 5.74) is 3.00. The van der Waals surface area contributed by atoms with Crippen LogP contribution in [0.4, 0.5) is 0 Å². The number of fused-ring (bicyclic) bond motifs is 2. The summed E-state index contributed by atoms with van der Waals surface area (Å²) in [6.45, 7) is 5.46. The minimum Gasteiger partial charge on any atom is -0.486 e. The van der Waals surface area contributed by atoms with Gasteiger partial charge in [0.05, 0.1) is 13.0 Å². The second-order valence-electron chi connectivity index (χ2n) is 8.63. The third-order valence-electron chi connectivity index (χ3n) is 6.15. The molecule has 2 aromatic carbocycles. The monoisotopic (exact) mass is 477 g/mol. The maximum absolute atomic E-state index is 12.9. The van der Waals surface area contributed by atoms with Crippen molar-refractivity contribution in [3.63, 3.8) is 0 Å². The Bertz CT molecular complexity index is 1260. The molecule has 2 aliphatic rings. The maximum Gasteiger partial charge on any atom is 0.310 e. The van der Waals surface area contributed by atoms with Gasteiger partial charge in [-0.1, -0.05) is 18.2 Å². The lowest BCUT2D eigenvalue weighted by atomic mass is 10.1.